The first-order valence-electron chi connectivity index (χ1n) is 18.8. The van der Waals surface area contributed by atoms with Crippen LogP contribution >= 0.6 is 0 Å². The van der Waals surface area contributed by atoms with Crippen molar-refractivity contribution in [1.29, 1.82) is 0 Å². The van der Waals surface area contributed by atoms with Gasteiger partial charge in [0.05, 0.1) is 6.04 Å². The molecule has 0 spiro atoms. The zero-order chi connectivity index (χ0) is 32.1. The van der Waals surface area contributed by atoms with Gasteiger partial charge in [-0.3, -0.25) is 0 Å². The minimum absolute atomic E-state index is 0.142. The maximum Gasteiger partial charge on any atom is 0.163 e. The molecule has 5 unspecified atom stereocenters. The number of aromatic nitrogens is 3. The fraction of sp³-hybridized carbons (Fsp3) is 0.432. The lowest BCUT2D eigenvalue weighted by molar-refractivity contribution is 0.208. The number of hydrogen-bond donors (Lipinski definition) is 1. The Bertz CT molecular complexity index is 1710. The molecule has 1 N–H and O–H groups in total. The molecule has 1 aromatic rings. The van der Waals surface area contributed by atoms with Crippen LogP contribution in [0.15, 0.2) is 126 Å². The van der Waals surface area contributed by atoms with Crippen molar-refractivity contribution < 1.29 is 0 Å². The van der Waals surface area contributed by atoms with Gasteiger partial charge in [0.1, 0.15) is 11.6 Å². The van der Waals surface area contributed by atoms with Crippen molar-refractivity contribution in [2.75, 3.05) is 0 Å². The van der Waals surface area contributed by atoms with E-state index in [-0.39, 0.29) is 11.8 Å². The van der Waals surface area contributed by atoms with Gasteiger partial charge in [0, 0.05) is 29.0 Å². The highest BCUT2D eigenvalue weighted by Gasteiger charge is 2.35. The van der Waals surface area contributed by atoms with Crippen molar-refractivity contribution in [3.8, 4) is 0 Å². The molecule has 1 aromatic heterocycles. The van der Waals surface area contributed by atoms with E-state index in [9.17, 15) is 0 Å². The molecule has 246 valence electrons. The molecule has 4 nitrogen and oxygen atoms in total. The van der Waals surface area contributed by atoms with Crippen molar-refractivity contribution in [2.24, 2.45) is 17.8 Å². The predicted molar refractivity (Wildman–Crippen MR) is 198 cm³/mol. The molecule has 1 fully saturated rings. The normalized spacial score (nSPS) is 30.2. The van der Waals surface area contributed by atoms with Crippen molar-refractivity contribution in [3.05, 3.63) is 143 Å². The molecule has 0 bridgehead atoms. The molecule has 2 heterocycles. The van der Waals surface area contributed by atoms with E-state index in [1.165, 1.54) is 68.2 Å². The predicted octanol–water partition coefficient (Wildman–Crippen LogP) is 10.4. The zero-order valence-corrected chi connectivity index (χ0v) is 28.3. The largest absolute Gasteiger partial charge is 0.378 e. The maximum absolute atomic E-state index is 5.15. The molecule has 0 aromatic carbocycles. The second kappa shape index (κ2) is 14.6. The van der Waals surface area contributed by atoms with Crippen molar-refractivity contribution in [1.82, 2.24) is 20.3 Å². The van der Waals surface area contributed by atoms with E-state index in [4.69, 9.17) is 15.0 Å². The van der Waals surface area contributed by atoms with Gasteiger partial charge < -0.3 is 5.32 Å². The second-order valence-corrected chi connectivity index (χ2v) is 14.7. The van der Waals surface area contributed by atoms with E-state index in [0.717, 1.165) is 61.1 Å². The van der Waals surface area contributed by atoms with Gasteiger partial charge in [0.15, 0.2) is 5.82 Å². The monoisotopic (exact) mass is 634 g/mol. The molecule has 8 rings (SSSR count). The summed E-state index contributed by atoms with van der Waals surface area (Å²) in [6.45, 7) is 0. The van der Waals surface area contributed by atoms with Gasteiger partial charge in [-0.1, -0.05) is 135 Å². The number of rotatable bonds is 7. The molecule has 0 amide bonds. The molecule has 5 atom stereocenters. The van der Waals surface area contributed by atoms with Crippen LogP contribution in [0.3, 0.4) is 0 Å². The Balaban J connectivity index is 1.06. The summed E-state index contributed by atoms with van der Waals surface area (Å²) in [6, 6.07) is 0.446. The average Bonchev–Trinajstić information content (AvgIpc) is 3.19. The highest BCUT2D eigenvalue weighted by Crippen LogP contribution is 2.41. The first-order valence-corrected chi connectivity index (χ1v) is 18.8. The van der Waals surface area contributed by atoms with E-state index < -0.39 is 0 Å². The lowest BCUT2D eigenvalue weighted by Gasteiger charge is -2.41. The Kier molecular flexibility index (Phi) is 9.50. The molecular weight excluding hydrogens is 585 g/mol. The summed E-state index contributed by atoms with van der Waals surface area (Å²) in [7, 11) is 0. The van der Waals surface area contributed by atoms with Gasteiger partial charge in [-0.15, -0.1) is 0 Å². The lowest BCUT2D eigenvalue weighted by Crippen LogP contribution is -2.44. The van der Waals surface area contributed by atoms with Crippen LogP contribution in [0.2, 0.25) is 0 Å². The van der Waals surface area contributed by atoms with Crippen LogP contribution in [0.25, 0.3) is 5.57 Å². The number of allylic oxidation sites excluding steroid dienone is 19. The molecule has 0 radical (unpaired) electrons. The van der Waals surface area contributed by atoms with Crippen molar-refractivity contribution in [3.63, 3.8) is 0 Å². The molecule has 0 saturated heterocycles. The minimum atomic E-state index is 0.142. The van der Waals surface area contributed by atoms with Crippen LogP contribution in [-0.2, 0) is 0 Å². The Hall–Kier alpha value is -4.05. The molecule has 7 aliphatic rings. The molecule has 48 heavy (non-hydrogen) atoms. The lowest BCUT2D eigenvalue weighted by atomic mass is 9.71. The van der Waals surface area contributed by atoms with Crippen LogP contribution in [0, 0.1) is 17.8 Å². The van der Waals surface area contributed by atoms with Gasteiger partial charge in [-0.05, 0) is 79.9 Å². The Labute approximate surface area is 287 Å². The molecule has 4 heteroatoms. The van der Waals surface area contributed by atoms with Crippen LogP contribution in [-0.4, -0.2) is 21.0 Å². The molecule has 1 saturated carbocycles. The minimum Gasteiger partial charge on any atom is -0.378 e. The summed E-state index contributed by atoms with van der Waals surface area (Å²) >= 11 is 0. The fourth-order valence-electron chi connectivity index (χ4n) is 8.85. The van der Waals surface area contributed by atoms with E-state index in [1.807, 2.05) is 0 Å². The third-order valence-corrected chi connectivity index (χ3v) is 11.5. The Morgan fingerprint density at radius 3 is 2.27 bits per heavy atom. The summed E-state index contributed by atoms with van der Waals surface area (Å²) in [5, 5.41) is 4.13. The molecule has 1 aliphatic heterocycles. The summed E-state index contributed by atoms with van der Waals surface area (Å²) in [6.07, 6.45) is 54.9. The standard InChI is InChI=1S/C44H50N4/c1-5-15-31(16-6-1)39-27-28-40(45-41(39)32-17-7-2-8-18-32)37-25-13-23-35(29-37)36-24-14-26-38(30-36)44-47-42(33-19-9-3-10-20-33)46-43(48-44)34-21-11-4-12-22-34/h2-3,7,9-11,13-14,17,19,21-22,24-25,28-31,33,35,38-39,41,45H,1,4-6,8,12,15-16,18,20,23,26-27H2. The van der Waals surface area contributed by atoms with E-state index in [2.05, 4.69) is 109 Å². The van der Waals surface area contributed by atoms with Crippen LogP contribution in [0.5, 0.6) is 0 Å². The summed E-state index contributed by atoms with van der Waals surface area (Å²) in [4.78, 5) is 15.3. The molecular formula is C44H50N4. The van der Waals surface area contributed by atoms with E-state index in [1.54, 1.807) is 5.57 Å². The van der Waals surface area contributed by atoms with E-state index >= 15 is 0 Å². The van der Waals surface area contributed by atoms with Gasteiger partial charge in [-0.2, -0.15) is 0 Å². The zero-order valence-electron chi connectivity index (χ0n) is 28.3. The SMILES string of the molecule is C1=CCCC(C2NC(C3=CC(C4=CC(c5nc(C6=CCCC=C6)nc(C6C=CC=CC6)n5)CC=C4)CC=C3)=CCC2C2CCCCC2)=C1. The average molecular weight is 635 g/mol. The van der Waals surface area contributed by atoms with E-state index in [0.29, 0.717) is 17.9 Å². The van der Waals surface area contributed by atoms with Gasteiger partial charge >= 0.3 is 0 Å². The third kappa shape index (κ3) is 6.90. The van der Waals surface area contributed by atoms with Crippen molar-refractivity contribution in [2.45, 2.75) is 101 Å². The fourth-order valence-corrected chi connectivity index (χ4v) is 8.85. The summed E-state index contributed by atoms with van der Waals surface area (Å²) < 4.78 is 0. The van der Waals surface area contributed by atoms with Crippen molar-refractivity contribution >= 4 is 5.57 Å². The van der Waals surface area contributed by atoms with Crippen LogP contribution < -0.4 is 5.32 Å². The number of nitrogens with one attached hydrogen (secondary N) is 1. The van der Waals surface area contributed by atoms with Crippen LogP contribution in [0.4, 0.5) is 0 Å². The number of hydrogen-bond acceptors (Lipinski definition) is 4. The van der Waals surface area contributed by atoms with Gasteiger partial charge in [-0.25, -0.2) is 15.0 Å². The third-order valence-electron chi connectivity index (χ3n) is 11.5. The first-order chi connectivity index (χ1) is 23.8. The molecule has 6 aliphatic carbocycles. The van der Waals surface area contributed by atoms with Gasteiger partial charge in [0.2, 0.25) is 0 Å². The number of nitrogens with zero attached hydrogens (tertiary/aromatic N) is 3. The topological polar surface area (TPSA) is 50.7 Å². The Morgan fingerprint density at radius 1 is 0.625 bits per heavy atom. The maximum atomic E-state index is 5.15. The smallest absolute Gasteiger partial charge is 0.163 e. The highest BCUT2D eigenvalue weighted by molar-refractivity contribution is 5.70. The van der Waals surface area contributed by atoms with Crippen LogP contribution in [0.1, 0.15) is 113 Å². The second-order valence-electron chi connectivity index (χ2n) is 14.7. The summed E-state index contributed by atoms with van der Waals surface area (Å²) in [5.74, 6) is 4.83. The quantitative estimate of drug-likeness (QED) is 0.324. The Morgan fingerprint density at radius 2 is 1.46 bits per heavy atom. The summed E-state index contributed by atoms with van der Waals surface area (Å²) in [5.41, 5.74) is 6.78. The van der Waals surface area contributed by atoms with Gasteiger partial charge in [0.25, 0.3) is 0 Å². The highest BCUT2D eigenvalue weighted by atomic mass is 15.0. The first kappa shape index (κ1) is 31.2.